The Bertz CT molecular complexity index is 1720. The normalized spacial score (nSPS) is 11.6. The second-order valence-corrected chi connectivity index (χ2v) is 11.0. The number of carbonyl (C=O) groups is 4. The standard InChI is InChI=1S/C34H31N3O7S/c1-21(31(38)36-26-11-7-10-24(18-26)34(41)42)45-28-16-13-25(14-17-28)35-33(40)29(37-32(39)22-8-5-4-6-9-22)19-23-12-15-27(43-2)20-30(23)44-3/h4-21H,1-3H3,(H,35,40)(H,36,38)(H,37,39)(H,41,42)/b29-19-. The van der Waals surface area contributed by atoms with Crippen molar-refractivity contribution < 1.29 is 33.8 Å². The number of methoxy groups -OCH3 is 2. The molecular formula is C34H31N3O7S. The zero-order valence-electron chi connectivity index (χ0n) is 24.7. The fraction of sp³-hybridized carbons (Fsp3) is 0.118. The first-order chi connectivity index (χ1) is 21.7. The fourth-order valence-corrected chi connectivity index (χ4v) is 4.95. The van der Waals surface area contributed by atoms with Gasteiger partial charge in [-0.3, -0.25) is 14.4 Å². The molecule has 4 rings (SSSR count). The first-order valence-corrected chi connectivity index (χ1v) is 14.6. The monoisotopic (exact) mass is 625 g/mol. The molecule has 0 saturated heterocycles. The van der Waals surface area contributed by atoms with E-state index < -0.39 is 23.0 Å². The molecule has 0 heterocycles. The summed E-state index contributed by atoms with van der Waals surface area (Å²) in [5.41, 5.74) is 1.85. The molecule has 0 spiro atoms. The van der Waals surface area contributed by atoms with Gasteiger partial charge in [0.2, 0.25) is 5.91 Å². The number of benzene rings is 4. The first-order valence-electron chi connectivity index (χ1n) is 13.7. The zero-order chi connectivity index (χ0) is 32.3. The van der Waals surface area contributed by atoms with Crippen molar-refractivity contribution in [3.8, 4) is 11.5 Å². The summed E-state index contributed by atoms with van der Waals surface area (Å²) < 4.78 is 10.7. The number of aromatic carboxylic acids is 1. The van der Waals surface area contributed by atoms with Crippen molar-refractivity contribution in [1.82, 2.24) is 5.32 Å². The molecule has 1 atom stereocenters. The van der Waals surface area contributed by atoms with E-state index in [4.69, 9.17) is 9.47 Å². The second kappa shape index (κ2) is 15.3. The summed E-state index contributed by atoms with van der Waals surface area (Å²) in [6.45, 7) is 1.73. The third-order valence-corrected chi connectivity index (χ3v) is 7.55. The Hall–Kier alpha value is -5.55. The summed E-state index contributed by atoms with van der Waals surface area (Å²) in [6, 6.07) is 26.5. The van der Waals surface area contributed by atoms with Gasteiger partial charge in [-0.05, 0) is 79.7 Å². The Morgan fingerprint density at radius 3 is 2.16 bits per heavy atom. The number of thioether (sulfide) groups is 1. The Labute approximate surface area is 264 Å². The molecule has 0 aliphatic rings. The van der Waals surface area contributed by atoms with E-state index in [1.54, 1.807) is 91.9 Å². The fourth-order valence-electron chi connectivity index (χ4n) is 4.08. The van der Waals surface area contributed by atoms with Crippen LogP contribution in [0.5, 0.6) is 11.5 Å². The molecule has 1 unspecified atom stereocenters. The van der Waals surface area contributed by atoms with Gasteiger partial charge in [-0.2, -0.15) is 0 Å². The molecule has 0 saturated carbocycles. The minimum Gasteiger partial charge on any atom is -0.497 e. The minimum atomic E-state index is -1.08. The topological polar surface area (TPSA) is 143 Å². The molecule has 0 aromatic heterocycles. The second-order valence-electron chi connectivity index (χ2n) is 9.60. The summed E-state index contributed by atoms with van der Waals surface area (Å²) in [5.74, 6) is -1.38. The molecule has 4 aromatic rings. The molecule has 230 valence electrons. The molecule has 0 aliphatic carbocycles. The van der Waals surface area contributed by atoms with E-state index >= 15 is 0 Å². The number of nitrogens with one attached hydrogen (secondary N) is 3. The van der Waals surface area contributed by atoms with Crippen molar-refractivity contribution in [2.45, 2.75) is 17.1 Å². The summed E-state index contributed by atoms with van der Waals surface area (Å²) >= 11 is 1.30. The van der Waals surface area contributed by atoms with E-state index in [2.05, 4.69) is 16.0 Å². The largest absolute Gasteiger partial charge is 0.497 e. The number of ether oxygens (including phenoxy) is 2. The molecule has 0 fully saturated rings. The molecule has 45 heavy (non-hydrogen) atoms. The van der Waals surface area contributed by atoms with Crippen LogP contribution in [0, 0.1) is 0 Å². The van der Waals surface area contributed by atoms with Gasteiger partial charge < -0.3 is 30.5 Å². The molecule has 0 aliphatic heterocycles. The highest BCUT2D eigenvalue weighted by Gasteiger charge is 2.18. The maximum atomic E-state index is 13.4. The van der Waals surface area contributed by atoms with Crippen molar-refractivity contribution in [3.05, 3.63) is 119 Å². The summed E-state index contributed by atoms with van der Waals surface area (Å²) in [7, 11) is 3.03. The summed E-state index contributed by atoms with van der Waals surface area (Å²) in [6.07, 6.45) is 1.52. The zero-order valence-corrected chi connectivity index (χ0v) is 25.5. The average Bonchev–Trinajstić information content (AvgIpc) is 3.05. The average molecular weight is 626 g/mol. The van der Waals surface area contributed by atoms with Gasteiger partial charge in [0.15, 0.2) is 0 Å². The lowest BCUT2D eigenvalue weighted by Crippen LogP contribution is -2.30. The van der Waals surface area contributed by atoms with Crippen LogP contribution in [-0.4, -0.2) is 48.3 Å². The first kappa shape index (κ1) is 32.4. The number of hydrogen-bond acceptors (Lipinski definition) is 7. The number of hydrogen-bond donors (Lipinski definition) is 4. The van der Waals surface area contributed by atoms with Gasteiger partial charge in [-0.25, -0.2) is 4.79 Å². The van der Waals surface area contributed by atoms with Crippen LogP contribution in [0.25, 0.3) is 6.08 Å². The summed E-state index contributed by atoms with van der Waals surface area (Å²) in [4.78, 5) is 51.1. The van der Waals surface area contributed by atoms with Crippen LogP contribution in [0.2, 0.25) is 0 Å². The van der Waals surface area contributed by atoms with Crippen LogP contribution >= 0.6 is 11.8 Å². The van der Waals surface area contributed by atoms with Gasteiger partial charge in [0.25, 0.3) is 11.8 Å². The third kappa shape index (κ3) is 8.97. The van der Waals surface area contributed by atoms with E-state index in [0.717, 1.165) is 4.90 Å². The van der Waals surface area contributed by atoms with E-state index in [1.807, 2.05) is 0 Å². The molecule has 4 aromatic carbocycles. The van der Waals surface area contributed by atoms with Gasteiger partial charge in [0.05, 0.1) is 25.0 Å². The molecule has 11 heteroatoms. The highest BCUT2D eigenvalue weighted by molar-refractivity contribution is 8.00. The maximum absolute atomic E-state index is 13.4. The van der Waals surface area contributed by atoms with Crippen molar-refractivity contribution in [1.29, 1.82) is 0 Å². The molecule has 10 nitrogen and oxygen atoms in total. The predicted octanol–water partition coefficient (Wildman–Crippen LogP) is 5.93. The lowest BCUT2D eigenvalue weighted by molar-refractivity contribution is -0.115. The van der Waals surface area contributed by atoms with Gasteiger partial charge in [0, 0.05) is 33.5 Å². The SMILES string of the molecule is COc1ccc(/C=C(\NC(=O)c2ccccc2)C(=O)Nc2ccc(SC(C)C(=O)Nc3cccc(C(=O)O)c3)cc2)c(OC)c1. The van der Waals surface area contributed by atoms with Gasteiger partial charge in [-0.15, -0.1) is 11.8 Å². The van der Waals surface area contributed by atoms with E-state index in [-0.39, 0.29) is 17.2 Å². The van der Waals surface area contributed by atoms with Crippen molar-refractivity contribution in [3.63, 3.8) is 0 Å². The van der Waals surface area contributed by atoms with Crippen molar-refractivity contribution in [2.24, 2.45) is 0 Å². The quantitative estimate of drug-likeness (QED) is 0.112. The van der Waals surface area contributed by atoms with E-state index in [0.29, 0.717) is 34.0 Å². The van der Waals surface area contributed by atoms with Crippen LogP contribution in [0.1, 0.15) is 33.2 Å². The Balaban J connectivity index is 1.47. The number of anilines is 2. The van der Waals surface area contributed by atoms with Crippen LogP contribution in [0.15, 0.2) is 108 Å². The molecule has 0 bridgehead atoms. The molecule has 3 amide bonds. The van der Waals surface area contributed by atoms with Gasteiger partial charge in [-0.1, -0.05) is 24.3 Å². The lowest BCUT2D eigenvalue weighted by Gasteiger charge is -2.14. The van der Waals surface area contributed by atoms with Crippen molar-refractivity contribution in [2.75, 3.05) is 24.9 Å². The van der Waals surface area contributed by atoms with Crippen LogP contribution in [0.3, 0.4) is 0 Å². The number of carboxylic acids is 1. The summed E-state index contributed by atoms with van der Waals surface area (Å²) in [5, 5.41) is 16.9. The highest BCUT2D eigenvalue weighted by atomic mass is 32.2. The van der Waals surface area contributed by atoms with Crippen LogP contribution in [0.4, 0.5) is 11.4 Å². The predicted molar refractivity (Wildman–Crippen MR) is 174 cm³/mol. The molecule has 0 radical (unpaired) electrons. The number of rotatable bonds is 12. The van der Waals surface area contributed by atoms with Crippen LogP contribution in [-0.2, 0) is 9.59 Å². The lowest BCUT2D eigenvalue weighted by atomic mass is 10.1. The van der Waals surface area contributed by atoms with Gasteiger partial charge >= 0.3 is 5.97 Å². The number of carbonyl (C=O) groups excluding carboxylic acids is 3. The molecule has 4 N–H and O–H groups in total. The Morgan fingerprint density at radius 2 is 1.49 bits per heavy atom. The van der Waals surface area contributed by atoms with Gasteiger partial charge in [0.1, 0.15) is 17.2 Å². The Kier molecular flexibility index (Phi) is 11.0. The van der Waals surface area contributed by atoms with E-state index in [1.165, 1.54) is 44.2 Å². The van der Waals surface area contributed by atoms with Crippen molar-refractivity contribution >= 4 is 52.9 Å². The molecular weight excluding hydrogens is 594 g/mol. The van der Waals surface area contributed by atoms with Crippen LogP contribution < -0.4 is 25.4 Å². The minimum absolute atomic E-state index is 0.0111. The highest BCUT2D eigenvalue weighted by Crippen LogP contribution is 2.28. The smallest absolute Gasteiger partial charge is 0.335 e. The third-order valence-electron chi connectivity index (χ3n) is 6.44. The Morgan fingerprint density at radius 1 is 0.778 bits per heavy atom. The maximum Gasteiger partial charge on any atom is 0.335 e. The number of carboxylic acid groups (broad SMARTS) is 1. The van der Waals surface area contributed by atoms with E-state index in [9.17, 15) is 24.3 Å². The number of amides is 3.